The molecule has 1 unspecified atom stereocenters. The minimum absolute atomic E-state index is 0.161. The Labute approximate surface area is 137 Å². The van der Waals surface area contributed by atoms with Crippen LogP contribution in [0.1, 0.15) is 71.1 Å². The van der Waals surface area contributed by atoms with E-state index in [1.807, 2.05) is 0 Å². The molecule has 0 heterocycles. The third-order valence-electron chi connectivity index (χ3n) is 3.59. The molecule has 0 fully saturated rings. The molecule has 0 aliphatic rings. The first-order valence-corrected chi connectivity index (χ1v) is 8.28. The van der Waals surface area contributed by atoms with Gasteiger partial charge in [-0.1, -0.05) is 45.4 Å². The highest BCUT2D eigenvalue weighted by atomic mass is 16.4. The summed E-state index contributed by atoms with van der Waals surface area (Å²) < 4.78 is 0. The first-order valence-electron chi connectivity index (χ1n) is 8.28. The second kappa shape index (κ2) is 12.9. The smallest absolute Gasteiger partial charge is 0.326 e. The van der Waals surface area contributed by atoms with Gasteiger partial charge in [-0.15, -0.1) is 0 Å². The van der Waals surface area contributed by atoms with Gasteiger partial charge in [-0.05, 0) is 12.8 Å². The van der Waals surface area contributed by atoms with E-state index in [1.165, 1.54) is 19.3 Å². The number of aliphatic hydroxyl groups excluding tert-OH is 1. The lowest BCUT2D eigenvalue weighted by Crippen LogP contribution is -2.42. The second-order valence-electron chi connectivity index (χ2n) is 5.81. The van der Waals surface area contributed by atoms with Crippen LogP contribution in [0.5, 0.6) is 0 Å². The molecule has 1 amide bonds. The number of amides is 1. The molecule has 134 valence electrons. The summed E-state index contributed by atoms with van der Waals surface area (Å²) >= 11 is 0. The van der Waals surface area contributed by atoms with Gasteiger partial charge in [0.2, 0.25) is 5.91 Å². The van der Waals surface area contributed by atoms with E-state index in [9.17, 15) is 19.5 Å². The van der Waals surface area contributed by atoms with Crippen molar-refractivity contribution >= 4 is 17.8 Å². The standard InChI is InChI=1S/C16H29NO6/c1-2-3-4-5-6-7-8-12(18)11-14(19)17-13(16(22)23)9-10-15(20)21/h12-13,18H,2-11H2,1H3,(H,17,19)(H,20,21)(H,22,23)/t12?,13-/m0/s1. The van der Waals surface area contributed by atoms with E-state index >= 15 is 0 Å². The van der Waals surface area contributed by atoms with Crippen molar-refractivity contribution in [2.75, 3.05) is 0 Å². The lowest BCUT2D eigenvalue weighted by atomic mass is 10.0. The summed E-state index contributed by atoms with van der Waals surface area (Å²) in [6, 6.07) is -1.24. The van der Waals surface area contributed by atoms with Crippen molar-refractivity contribution in [2.24, 2.45) is 0 Å². The highest BCUT2D eigenvalue weighted by Crippen LogP contribution is 2.10. The molecule has 0 rings (SSSR count). The zero-order chi connectivity index (χ0) is 17.7. The number of carboxylic acid groups (broad SMARTS) is 2. The van der Waals surface area contributed by atoms with Crippen molar-refractivity contribution in [3.63, 3.8) is 0 Å². The van der Waals surface area contributed by atoms with Crippen LogP contribution in [0.4, 0.5) is 0 Å². The zero-order valence-corrected chi connectivity index (χ0v) is 13.8. The van der Waals surface area contributed by atoms with Crippen molar-refractivity contribution in [3.05, 3.63) is 0 Å². The van der Waals surface area contributed by atoms with Crippen LogP contribution in [0.2, 0.25) is 0 Å². The van der Waals surface area contributed by atoms with Gasteiger partial charge >= 0.3 is 11.9 Å². The van der Waals surface area contributed by atoms with Gasteiger partial charge in [-0.25, -0.2) is 4.79 Å². The molecule has 2 atom stereocenters. The van der Waals surface area contributed by atoms with Gasteiger partial charge in [0, 0.05) is 6.42 Å². The van der Waals surface area contributed by atoms with Gasteiger partial charge in [-0.2, -0.15) is 0 Å². The van der Waals surface area contributed by atoms with E-state index in [0.29, 0.717) is 6.42 Å². The molecule has 0 aromatic rings. The van der Waals surface area contributed by atoms with Gasteiger partial charge < -0.3 is 20.6 Å². The van der Waals surface area contributed by atoms with Crippen LogP contribution in [0.3, 0.4) is 0 Å². The molecular weight excluding hydrogens is 302 g/mol. The first kappa shape index (κ1) is 21.4. The monoisotopic (exact) mass is 331 g/mol. The molecule has 7 nitrogen and oxygen atoms in total. The average Bonchev–Trinajstić information content (AvgIpc) is 2.46. The summed E-state index contributed by atoms with van der Waals surface area (Å²) in [6.45, 7) is 2.14. The molecule has 0 saturated heterocycles. The number of hydrogen-bond acceptors (Lipinski definition) is 4. The summed E-state index contributed by atoms with van der Waals surface area (Å²) in [7, 11) is 0. The van der Waals surface area contributed by atoms with E-state index in [4.69, 9.17) is 10.2 Å². The molecular formula is C16H29NO6. The number of carbonyl (C=O) groups excluding carboxylic acids is 1. The van der Waals surface area contributed by atoms with E-state index in [1.54, 1.807) is 0 Å². The first-order chi connectivity index (χ1) is 10.9. The van der Waals surface area contributed by atoms with Crippen LogP contribution in [-0.4, -0.2) is 45.3 Å². The molecule has 0 bridgehead atoms. The summed E-state index contributed by atoms with van der Waals surface area (Å²) in [5.74, 6) is -2.96. The Morgan fingerprint density at radius 3 is 2.13 bits per heavy atom. The lowest BCUT2D eigenvalue weighted by Gasteiger charge is -2.15. The molecule has 23 heavy (non-hydrogen) atoms. The SMILES string of the molecule is CCCCCCCCC(O)CC(=O)N[C@@H](CCC(=O)O)C(=O)O. The number of unbranched alkanes of at least 4 members (excludes halogenated alkanes) is 5. The Morgan fingerprint density at radius 2 is 1.57 bits per heavy atom. The number of aliphatic carboxylic acids is 2. The van der Waals surface area contributed by atoms with E-state index in [-0.39, 0.29) is 19.3 Å². The Bertz CT molecular complexity index is 372. The van der Waals surface area contributed by atoms with Crippen molar-refractivity contribution in [1.29, 1.82) is 0 Å². The van der Waals surface area contributed by atoms with Crippen molar-refractivity contribution < 1.29 is 29.7 Å². The van der Waals surface area contributed by atoms with Gasteiger partial charge in [0.25, 0.3) is 0 Å². The fraction of sp³-hybridized carbons (Fsp3) is 0.812. The third kappa shape index (κ3) is 12.6. The second-order valence-corrected chi connectivity index (χ2v) is 5.81. The van der Waals surface area contributed by atoms with Crippen molar-refractivity contribution in [1.82, 2.24) is 5.32 Å². The van der Waals surface area contributed by atoms with Crippen molar-refractivity contribution in [2.45, 2.75) is 83.3 Å². The van der Waals surface area contributed by atoms with Crippen molar-refractivity contribution in [3.8, 4) is 0 Å². The molecule has 0 saturated carbocycles. The molecule has 0 aliphatic carbocycles. The van der Waals surface area contributed by atoms with Crippen LogP contribution >= 0.6 is 0 Å². The minimum atomic E-state index is -1.27. The van der Waals surface area contributed by atoms with Crippen LogP contribution in [0.25, 0.3) is 0 Å². The predicted octanol–water partition coefficient (Wildman–Crippen LogP) is 1.92. The van der Waals surface area contributed by atoms with Gasteiger partial charge in [0.15, 0.2) is 0 Å². The van der Waals surface area contributed by atoms with E-state index in [0.717, 1.165) is 19.3 Å². The lowest BCUT2D eigenvalue weighted by molar-refractivity contribution is -0.143. The van der Waals surface area contributed by atoms with Crippen LogP contribution < -0.4 is 5.32 Å². The Hall–Kier alpha value is -1.63. The Morgan fingerprint density at radius 1 is 0.957 bits per heavy atom. The normalized spacial score (nSPS) is 13.3. The van der Waals surface area contributed by atoms with Gasteiger partial charge in [0.1, 0.15) is 6.04 Å². The molecule has 0 aromatic carbocycles. The number of aliphatic hydroxyl groups is 1. The molecule has 7 heteroatoms. The molecule has 0 radical (unpaired) electrons. The number of nitrogens with one attached hydrogen (secondary N) is 1. The Balaban J connectivity index is 3.95. The zero-order valence-electron chi connectivity index (χ0n) is 13.8. The van der Waals surface area contributed by atoms with Gasteiger partial charge in [-0.3, -0.25) is 9.59 Å². The Kier molecular flexibility index (Phi) is 12.0. The van der Waals surface area contributed by atoms with E-state index in [2.05, 4.69) is 12.2 Å². The summed E-state index contributed by atoms with van der Waals surface area (Å²) in [5, 5.41) is 29.5. The van der Waals surface area contributed by atoms with E-state index < -0.39 is 30.0 Å². The number of carboxylic acids is 2. The highest BCUT2D eigenvalue weighted by Gasteiger charge is 2.22. The number of carbonyl (C=O) groups is 3. The van der Waals surface area contributed by atoms with Crippen LogP contribution in [0, 0.1) is 0 Å². The quantitative estimate of drug-likeness (QED) is 0.361. The highest BCUT2D eigenvalue weighted by molar-refractivity contribution is 5.84. The summed E-state index contributed by atoms with van der Waals surface area (Å²) in [4.78, 5) is 33.1. The van der Waals surface area contributed by atoms with Crippen LogP contribution in [0.15, 0.2) is 0 Å². The number of rotatable bonds is 14. The molecule has 4 N–H and O–H groups in total. The maximum absolute atomic E-state index is 11.7. The minimum Gasteiger partial charge on any atom is -0.481 e. The average molecular weight is 331 g/mol. The topological polar surface area (TPSA) is 124 Å². The predicted molar refractivity (Wildman–Crippen MR) is 85.1 cm³/mol. The molecule has 0 aliphatic heterocycles. The maximum Gasteiger partial charge on any atom is 0.326 e. The maximum atomic E-state index is 11.7. The summed E-state index contributed by atoms with van der Waals surface area (Å²) in [5.41, 5.74) is 0. The largest absolute Gasteiger partial charge is 0.481 e. The third-order valence-corrected chi connectivity index (χ3v) is 3.59. The van der Waals surface area contributed by atoms with Crippen LogP contribution in [-0.2, 0) is 14.4 Å². The molecule has 0 spiro atoms. The summed E-state index contributed by atoms with van der Waals surface area (Å²) in [6.07, 6.45) is 5.55. The molecule has 0 aromatic heterocycles. The fourth-order valence-electron chi connectivity index (χ4n) is 2.25. The van der Waals surface area contributed by atoms with Gasteiger partial charge in [0.05, 0.1) is 12.5 Å². The number of hydrogen-bond donors (Lipinski definition) is 4. The fourth-order valence-corrected chi connectivity index (χ4v) is 2.25.